The van der Waals surface area contributed by atoms with E-state index in [-0.39, 0.29) is 24.0 Å². The fourth-order valence-corrected chi connectivity index (χ4v) is 7.09. The number of amides is 2. The smallest absolute Gasteiger partial charge is 0.312 e. The van der Waals surface area contributed by atoms with Crippen LogP contribution in [0.25, 0.3) is 33.9 Å². The van der Waals surface area contributed by atoms with Gasteiger partial charge in [0.15, 0.2) is 5.82 Å². The SMILES string of the molecule is CCN(CC)[C@@H](C(=O)N1CCC[C@H]1c1ncc(-c2ccc(-c3ncc(-c4cnc([C@@H]5CCCN5[C]=O)[nH]4)cn3)cc2)[nH]1)c1ccccc1. The van der Waals surface area contributed by atoms with Crippen LogP contribution in [-0.2, 0) is 9.59 Å². The summed E-state index contributed by atoms with van der Waals surface area (Å²) in [6.45, 7) is 7.23. The zero-order valence-electron chi connectivity index (χ0n) is 27.3. The lowest BCUT2D eigenvalue weighted by molar-refractivity contribution is -0.138. The van der Waals surface area contributed by atoms with Gasteiger partial charge >= 0.3 is 6.41 Å². The fraction of sp³-hybridized carbons (Fsp3) is 0.351. The summed E-state index contributed by atoms with van der Waals surface area (Å²) in [5.41, 5.74) is 5.45. The van der Waals surface area contributed by atoms with Crippen LogP contribution in [0.4, 0.5) is 0 Å². The Kier molecular flexibility index (Phi) is 9.11. The van der Waals surface area contributed by atoms with E-state index in [0.717, 1.165) is 90.6 Å². The van der Waals surface area contributed by atoms with Crippen LogP contribution < -0.4 is 0 Å². The molecule has 3 aromatic heterocycles. The Morgan fingerprint density at radius 3 is 2.06 bits per heavy atom. The molecule has 2 saturated heterocycles. The largest absolute Gasteiger partial charge is 0.340 e. The van der Waals surface area contributed by atoms with Crippen molar-refractivity contribution in [3.8, 4) is 33.9 Å². The monoisotopic (exact) mass is 642 g/mol. The van der Waals surface area contributed by atoms with E-state index in [1.54, 1.807) is 23.5 Å². The molecule has 3 atom stereocenters. The molecule has 2 aliphatic rings. The van der Waals surface area contributed by atoms with E-state index in [9.17, 15) is 9.59 Å². The average Bonchev–Trinajstić information content (AvgIpc) is 3.97. The highest BCUT2D eigenvalue weighted by Gasteiger charge is 2.38. The third-order valence-electron chi connectivity index (χ3n) is 9.67. The highest BCUT2D eigenvalue weighted by molar-refractivity contribution is 5.84. The Balaban J connectivity index is 1.04. The molecule has 0 bridgehead atoms. The van der Waals surface area contributed by atoms with Gasteiger partial charge in [-0.3, -0.25) is 14.5 Å². The standard InChI is InChI=1S/C37H40N9O2/c1-3-44(4-2)33(26-10-6-5-7-11-26)37(48)46-19-9-13-32(46)36-41-22-29(42-36)25-14-16-27(17-15-25)34-38-20-28(21-39-34)30-23-40-35(43-30)31-12-8-18-45(31)24-47/h5-7,10-11,14-17,20-23,31-33H,3-4,8-9,12-13,18-19H2,1-2H3,(H,40,43)(H,41,42)/t31-,32-,33+/m0/s1. The molecule has 0 saturated carbocycles. The molecular weight excluding hydrogens is 602 g/mol. The number of nitrogens with one attached hydrogen (secondary N) is 2. The zero-order chi connectivity index (χ0) is 33.0. The van der Waals surface area contributed by atoms with Crippen molar-refractivity contribution in [1.82, 2.24) is 44.6 Å². The quantitative estimate of drug-likeness (QED) is 0.184. The Morgan fingerprint density at radius 1 is 0.792 bits per heavy atom. The summed E-state index contributed by atoms with van der Waals surface area (Å²) in [4.78, 5) is 56.6. The number of likely N-dealkylation sites (N-methyl/N-ethyl adjacent to an activating group) is 1. The number of aromatic nitrogens is 6. The first kappa shape index (κ1) is 31.4. The minimum absolute atomic E-state index is 0.0648. The van der Waals surface area contributed by atoms with Gasteiger partial charge in [0, 0.05) is 36.6 Å². The fourth-order valence-electron chi connectivity index (χ4n) is 7.09. The van der Waals surface area contributed by atoms with E-state index in [0.29, 0.717) is 12.4 Å². The van der Waals surface area contributed by atoms with Gasteiger partial charge in [-0.1, -0.05) is 68.4 Å². The number of hydrogen-bond donors (Lipinski definition) is 2. The topological polar surface area (TPSA) is 127 Å². The van der Waals surface area contributed by atoms with Gasteiger partial charge in [-0.05, 0) is 49.9 Å². The molecule has 2 aliphatic heterocycles. The van der Waals surface area contributed by atoms with Crippen molar-refractivity contribution in [2.24, 2.45) is 0 Å². The number of H-pyrrole nitrogens is 2. The lowest BCUT2D eigenvalue weighted by atomic mass is 10.0. The van der Waals surface area contributed by atoms with Gasteiger partial charge < -0.3 is 19.8 Å². The molecule has 1 radical (unpaired) electrons. The number of carbonyl (C=O) groups is 1. The number of nitrogens with zero attached hydrogens (tertiary/aromatic N) is 7. The summed E-state index contributed by atoms with van der Waals surface area (Å²) in [5.74, 6) is 2.33. The van der Waals surface area contributed by atoms with Crippen LogP contribution in [0.1, 0.15) is 74.9 Å². The van der Waals surface area contributed by atoms with Crippen LogP contribution >= 0.6 is 0 Å². The number of benzene rings is 2. The molecule has 48 heavy (non-hydrogen) atoms. The van der Waals surface area contributed by atoms with Gasteiger partial charge in [0.2, 0.25) is 5.91 Å². The van der Waals surface area contributed by atoms with E-state index in [1.807, 2.05) is 60.0 Å². The van der Waals surface area contributed by atoms with Crippen molar-refractivity contribution in [1.29, 1.82) is 0 Å². The molecule has 2 fully saturated rings. The number of imidazole rings is 2. The van der Waals surface area contributed by atoms with Gasteiger partial charge in [0.25, 0.3) is 0 Å². The van der Waals surface area contributed by atoms with E-state index < -0.39 is 0 Å². The van der Waals surface area contributed by atoms with Gasteiger partial charge in [0.1, 0.15) is 17.7 Å². The van der Waals surface area contributed by atoms with Crippen molar-refractivity contribution in [2.45, 2.75) is 57.7 Å². The summed E-state index contributed by atoms with van der Waals surface area (Å²) in [6, 6.07) is 17.7. The van der Waals surface area contributed by atoms with E-state index in [4.69, 9.17) is 4.98 Å². The van der Waals surface area contributed by atoms with E-state index in [1.165, 1.54) is 0 Å². The summed E-state index contributed by atoms with van der Waals surface area (Å²) < 4.78 is 0. The number of carbonyl (C=O) groups excluding carboxylic acids is 2. The van der Waals surface area contributed by atoms with Crippen molar-refractivity contribution in [3.63, 3.8) is 0 Å². The molecule has 7 rings (SSSR count). The number of aromatic amines is 2. The second-order valence-corrected chi connectivity index (χ2v) is 12.4. The van der Waals surface area contributed by atoms with Crippen LogP contribution in [0.5, 0.6) is 0 Å². The predicted octanol–water partition coefficient (Wildman–Crippen LogP) is 5.87. The Hall–Kier alpha value is -5.16. The third-order valence-corrected chi connectivity index (χ3v) is 9.67. The van der Waals surface area contributed by atoms with Crippen molar-refractivity contribution in [2.75, 3.05) is 26.2 Å². The molecule has 2 N–H and O–H groups in total. The Labute approximate surface area is 280 Å². The maximum atomic E-state index is 14.1. The van der Waals surface area contributed by atoms with Gasteiger partial charge in [-0.2, -0.15) is 0 Å². The van der Waals surface area contributed by atoms with Crippen molar-refractivity contribution in [3.05, 3.63) is 96.6 Å². The lowest BCUT2D eigenvalue weighted by Crippen LogP contribution is -2.43. The molecular formula is C37H40N9O2. The maximum absolute atomic E-state index is 14.1. The summed E-state index contributed by atoms with van der Waals surface area (Å²) in [5, 5.41) is 0. The second kappa shape index (κ2) is 13.9. The second-order valence-electron chi connectivity index (χ2n) is 12.4. The predicted molar refractivity (Wildman–Crippen MR) is 183 cm³/mol. The number of rotatable bonds is 11. The van der Waals surface area contributed by atoms with Crippen LogP contribution in [0.2, 0.25) is 0 Å². The van der Waals surface area contributed by atoms with Gasteiger partial charge in [-0.15, -0.1) is 0 Å². The number of hydrogen-bond acceptors (Lipinski definition) is 7. The lowest BCUT2D eigenvalue weighted by Gasteiger charge is -2.34. The molecule has 5 heterocycles. The summed E-state index contributed by atoms with van der Waals surface area (Å²) in [6.07, 6.45) is 12.8. The average molecular weight is 643 g/mol. The van der Waals surface area contributed by atoms with Crippen LogP contribution in [0.15, 0.2) is 79.4 Å². The van der Waals surface area contributed by atoms with Crippen LogP contribution in [0, 0.1) is 0 Å². The molecule has 11 nitrogen and oxygen atoms in total. The molecule has 2 amide bonds. The van der Waals surface area contributed by atoms with Crippen LogP contribution in [-0.4, -0.2) is 83.1 Å². The highest BCUT2D eigenvalue weighted by atomic mass is 16.2. The van der Waals surface area contributed by atoms with E-state index in [2.05, 4.69) is 55.8 Å². The minimum atomic E-state index is -0.318. The molecule has 0 aliphatic carbocycles. The Morgan fingerprint density at radius 2 is 1.40 bits per heavy atom. The van der Waals surface area contributed by atoms with Crippen molar-refractivity contribution >= 4 is 12.3 Å². The molecule has 11 heteroatoms. The van der Waals surface area contributed by atoms with Gasteiger partial charge in [-0.25, -0.2) is 19.9 Å². The molecule has 0 unspecified atom stereocenters. The molecule has 245 valence electrons. The number of likely N-dealkylation sites (tertiary alicyclic amines) is 2. The first-order valence-electron chi connectivity index (χ1n) is 16.8. The van der Waals surface area contributed by atoms with Gasteiger partial charge in [0.05, 0.1) is 35.9 Å². The minimum Gasteiger partial charge on any atom is -0.340 e. The molecule has 5 aromatic rings. The Bertz CT molecular complexity index is 1830. The highest BCUT2D eigenvalue weighted by Crippen LogP contribution is 2.36. The first-order chi connectivity index (χ1) is 23.6. The van der Waals surface area contributed by atoms with E-state index >= 15 is 0 Å². The molecule has 0 spiro atoms. The van der Waals surface area contributed by atoms with Crippen molar-refractivity contribution < 1.29 is 9.59 Å². The third kappa shape index (κ3) is 6.13. The molecule has 2 aromatic carbocycles. The first-order valence-corrected chi connectivity index (χ1v) is 16.8. The normalized spacial score (nSPS) is 18.5. The zero-order valence-corrected chi connectivity index (χ0v) is 27.3. The summed E-state index contributed by atoms with van der Waals surface area (Å²) in [7, 11) is 0. The maximum Gasteiger partial charge on any atom is 0.312 e. The summed E-state index contributed by atoms with van der Waals surface area (Å²) >= 11 is 0. The van der Waals surface area contributed by atoms with Crippen LogP contribution in [0.3, 0.4) is 0 Å².